The molecule has 1 fully saturated rings. The lowest BCUT2D eigenvalue weighted by molar-refractivity contribution is -0.0896. The number of aliphatic hydroxyl groups is 2. The van der Waals surface area contributed by atoms with E-state index >= 15 is 0 Å². The normalized spacial score (nSPS) is 23.4. The maximum Gasteiger partial charge on any atom is 0.192 e. The third-order valence-corrected chi connectivity index (χ3v) is 9.85. The molecule has 1 heterocycles. The molecule has 3 N–H and O–H groups in total. The van der Waals surface area contributed by atoms with E-state index in [1.807, 2.05) is 6.92 Å². The zero-order valence-electron chi connectivity index (χ0n) is 14.0. The van der Waals surface area contributed by atoms with Crippen LogP contribution in [-0.4, -0.2) is 50.4 Å². The molecular formula is C15H33NO3Si. The molecule has 0 amide bonds. The van der Waals surface area contributed by atoms with Crippen molar-refractivity contribution < 1.29 is 14.6 Å². The summed E-state index contributed by atoms with van der Waals surface area (Å²) in [5, 5.41) is 23.9. The van der Waals surface area contributed by atoms with Gasteiger partial charge in [-0.2, -0.15) is 0 Å². The number of hydrogen-bond donors (Lipinski definition) is 3. The van der Waals surface area contributed by atoms with E-state index in [1.54, 1.807) is 0 Å². The average molecular weight is 304 g/mol. The highest BCUT2D eigenvalue weighted by molar-refractivity contribution is 6.74. The lowest BCUT2D eigenvalue weighted by Gasteiger charge is -2.45. The van der Waals surface area contributed by atoms with E-state index in [-0.39, 0.29) is 17.7 Å². The average Bonchev–Trinajstić information content (AvgIpc) is 2.36. The Kier molecular flexibility index (Phi) is 5.83. The SMILES string of the molecule is C[C@H](O[Si](C)(C)C(C)(C)C)C(O)C1(CO)CCNCC1. The molecule has 0 aromatic carbocycles. The molecule has 120 valence electrons. The van der Waals surface area contributed by atoms with Crippen molar-refractivity contribution in [3.05, 3.63) is 0 Å². The smallest absolute Gasteiger partial charge is 0.192 e. The number of aliphatic hydroxyl groups excluding tert-OH is 2. The topological polar surface area (TPSA) is 61.7 Å². The first kappa shape index (κ1) is 18.1. The van der Waals surface area contributed by atoms with Gasteiger partial charge in [0.1, 0.15) is 0 Å². The second kappa shape index (κ2) is 6.44. The first-order valence-electron chi connectivity index (χ1n) is 7.73. The van der Waals surface area contributed by atoms with Gasteiger partial charge in [0.2, 0.25) is 0 Å². The van der Waals surface area contributed by atoms with Gasteiger partial charge in [-0.25, -0.2) is 0 Å². The first-order chi connectivity index (χ1) is 9.06. The van der Waals surface area contributed by atoms with Crippen LogP contribution in [0.25, 0.3) is 0 Å². The van der Waals surface area contributed by atoms with E-state index in [0.29, 0.717) is 0 Å². The Morgan fingerprint density at radius 2 is 1.75 bits per heavy atom. The summed E-state index contributed by atoms with van der Waals surface area (Å²) in [6, 6.07) is 0. The minimum Gasteiger partial charge on any atom is -0.412 e. The Morgan fingerprint density at radius 1 is 1.25 bits per heavy atom. The van der Waals surface area contributed by atoms with E-state index in [4.69, 9.17) is 4.43 Å². The predicted molar refractivity (Wildman–Crippen MR) is 85.4 cm³/mol. The number of piperidine rings is 1. The molecule has 0 radical (unpaired) electrons. The van der Waals surface area contributed by atoms with Gasteiger partial charge in [0.25, 0.3) is 0 Å². The molecule has 1 unspecified atom stereocenters. The summed E-state index contributed by atoms with van der Waals surface area (Å²) in [4.78, 5) is 0. The van der Waals surface area contributed by atoms with Crippen LogP contribution in [0.3, 0.4) is 0 Å². The monoisotopic (exact) mass is 303 g/mol. The van der Waals surface area contributed by atoms with Gasteiger partial charge in [0.05, 0.1) is 18.8 Å². The Bertz CT molecular complexity index is 309. The molecule has 0 saturated carbocycles. The number of hydrogen-bond acceptors (Lipinski definition) is 4. The zero-order valence-corrected chi connectivity index (χ0v) is 15.0. The standard InChI is InChI=1S/C15H33NO3Si/c1-12(19-20(5,6)14(2,3)4)13(18)15(11-17)7-9-16-10-8-15/h12-13,16-18H,7-11H2,1-6H3/t12-,13?/m0/s1. The second-order valence-electron chi connectivity index (χ2n) is 7.80. The van der Waals surface area contributed by atoms with E-state index in [2.05, 4.69) is 39.2 Å². The molecule has 2 atom stereocenters. The van der Waals surface area contributed by atoms with Crippen molar-refractivity contribution in [2.24, 2.45) is 5.41 Å². The van der Waals surface area contributed by atoms with E-state index in [9.17, 15) is 10.2 Å². The summed E-state index contributed by atoms with van der Waals surface area (Å²) in [6.45, 7) is 14.7. The van der Waals surface area contributed by atoms with Crippen molar-refractivity contribution in [1.82, 2.24) is 5.32 Å². The molecule has 1 aliphatic heterocycles. The maximum atomic E-state index is 10.7. The van der Waals surface area contributed by atoms with Crippen LogP contribution < -0.4 is 5.32 Å². The van der Waals surface area contributed by atoms with Crippen molar-refractivity contribution >= 4 is 8.32 Å². The van der Waals surface area contributed by atoms with Gasteiger partial charge < -0.3 is 20.0 Å². The fourth-order valence-electron chi connectivity index (χ4n) is 2.68. The Labute approximate surface area is 125 Å². The van der Waals surface area contributed by atoms with Crippen molar-refractivity contribution in [3.8, 4) is 0 Å². The summed E-state index contributed by atoms with van der Waals surface area (Å²) in [7, 11) is -1.90. The van der Waals surface area contributed by atoms with Crippen LogP contribution in [0.4, 0.5) is 0 Å². The van der Waals surface area contributed by atoms with E-state index < -0.39 is 19.8 Å². The highest BCUT2D eigenvalue weighted by Crippen LogP contribution is 2.40. The molecule has 20 heavy (non-hydrogen) atoms. The van der Waals surface area contributed by atoms with Gasteiger partial charge in [-0.15, -0.1) is 0 Å². The van der Waals surface area contributed by atoms with Crippen molar-refractivity contribution in [2.75, 3.05) is 19.7 Å². The lowest BCUT2D eigenvalue weighted by atomic mass is 9.73. The van der Waals surface area contributed by atoms with Crippen LogP contribution in [0.1, 0.15) is 40.5 Å². The molecule has 0 bridgehead atoms. The van der Waals surface area contributed by atoms with Gasteiger partial charge in [-0.05, 0) is 51.0 Å². The quantitative estimate of drug-likeness (QED) is 0.681. The maximum absolute atomic E-state index is 10.7. The third-order valence-electron chi connectivity index (χ3n) is 5.27. The fourth-order valence-corrected chi connectivity index (χ4v) is 4.09. The Morgan fingerprint density at radius 3 is 2.15 bits per heavy atom. The fraction of sp³-hybridized carbons (Fsp3) is 1.00. The van der Waals surface area contributed by atoms with Crippen molar-refractivity contribution in [3.63, 3.8) is 0 Å². The minimum atomic E-state index is -1.90. The van der Waals surface area contributed by atoms with E-state index in [0.717, 1.165) is 25.9 Å². The molecule has 0 aromatic rings. The van der Waals surface area contributed by atoms with Gasteiger partial charge in [-0.3, -0.25) is 0 Å². The highest BCUT2D eigenvalue weighted by atomic mass is 28.4. The van der Waals surface area contributed by atoms with Gasteiger partial charge >= 0.3 is 0 Å². The second-order valence-corrected chi connectivity index (χ2v) is 12.6. The molecule has 0 aromatic heterocycles. The summed E-state index contributed by atoms with van der Waals surface area (Å²) in [5.41, 5.74) is -0.410. The molecule has 1 aliphatic rings. The van der Waals surface area contributed by atoms with Gasteiger partial charge in [-0.1, -0.05) is 20.8 Å². The largest absolute Gasteiger partial charge is 0.412 e. The molecular weight excluding hydrogens is 270 g/mol. The third kappa shape index (κ3) is 3.83. The zero-order chi connectivity index (χ0) is 15.6. The first-order valence-corrected chi connectivity index (χ1v) is 10.6. The van der Waals surface area contributed by atoms with Crippen LogP contribution in [0.5, 0.6) is 0 Å². The predicted octanol–water partition coefficient (Wildman–Crippen LogP) is 2.12. The summed E-state index contributed by atoms with van der Waals surface area (Å²) in [6.07, 6.45) is 0.760. The molecule has 0 spiro atoms. The number of nitrogens with one attached hydrogen (secondary N) is 1. The minimum absolute atomic E-state index is 0.0288. The Balaban J connectivity index is 2.77. The number of rotatable bonds is 5. The molecule has 1 rings (SSSR count). The summed E-state index contributed by atoms with van der Waals surface area (Å²) < 4.78 is 6.30. The lowest BCUT2D eigenvalue weighted by Crippen LogP contribution is -2.54. The molecule has 4 nitrogen and oxygen atoms in total. The van der Waals surface area contributed by atoms with Gasteiger partial charge in [0.15, 0.2) is 8.32 Å². The van der Waals surface area contributed by atoms with Gasteiger partial charge in [0, 0.05) is 5.41 Å². The summed E-state index contributed by atoms with van der Waals surface area (Å²) in [5.74, 6) is 0. The molecule has 5 heteroatoms. The van der Waals surface area contributed by atoms with Crippen molar-refractivity contribution in [1.29, 1.82) is 0 Å². The Hall–Kier alpha value is 0.0569. The molecule has 0 aliphatic carbocycles. The van der Waals surface area contributed by atoms with E-state index in [1.165, 1.54) is 0 Å². The van der Waals surface area contributed by atoms with Crippen LogP contribution in [0.15, 0.2) is 0 Å². The van der Waals surface area contributed by atoms with Crippen LogP contribution in [0.2, 0.25) is 18.1 Å². The molecule has 1 saturated heterocycles. The van der Waals surface area contributed by atoms with Crippen LogP contribution in [0, 0.1) is 5.41 Å². The van der Waals surface area contributed by atoms with Crippen molar-refractivity contribution in [2.45, 2.75) is 70.9 Å². The van der Waals surface area contributed by atoms with Crippen LogP contribution in [-0.2, 0) is 4.43 Å². The highest BCUT2D eigenvalue weighted by Gasteiger charge is 2.45. The summed E-state index contributed by atoms with van der Waals surface area (Å²) >= 11 is 0. The van der Waals surface area contributed by atoms with Crippen LogP contribution >= 0.6 is 0 Å².